The van der Waals surface area contributed by atoms with Gasteiger partial charge in [0, 0.05) is 12.1 Å². The number of aromatic amines is 1. The first-order valence-corrected chi connectivity index (χ1v) is 10.4. The molecule has 8 nitrogen and oxygen atoms in total. The molecule has 0 bridgehead atoms. The van der Waals surface area contributed by atoms with Crippen LogP contribution in [0.3, 0.4) is 0 Å². The molecule has 4 rings (SSSR count). The van der Waals surface area contributed by atoms with Gasteiger partial charge in [-0.2, -0.15) is 9.61 Å². The molecule has 4 aromatic rings. The van der Waals surface area contributed by atoms with E-state index in [9.17, 15) is 9.59 Å². The first kappa shape index (κ1) is 19.8. The van der Waals surface area contributed by atoms with Crippen LogP contribution in [0.2, 0.25) is 0 Å². The van der Waals surface area contributed by atoms with Crippen LogP contribution in [0.4, 0.5) is 5.69 Å². The minimum Gasteiger partial charge on any atom is -0.325 e. The summed E-state index contributed by atoms with van der Waals surface area (Å²) in [6.07, 6.45) is 0.390. The van der Waals surface area contributed by atoms with Crippen molar-refractivity contribution in [2.45, 2.75) is 25.4 Å². The number of hydrogen-bond acceptors (Lipinski definition) is 6. The predicted molar refractivity (Wildman–Crippen MR) is 116 cm³/mol. The summed E-state index contributed by atoms with van der Waals surface area (Å²) in [6, 6.07) is 15.5. The van der Waals surface area contributed by atoms with E-state index in [1.54, 1.807) is 0 Å². The monoisotopic (exact) mass is 420 g/mol. The van der Waals surface area contributed by atoms with Crippen molar-refractivity contribution in [3.8, 4) is 0 Å². The zero-order valence-electron chi connectivity index (χ0n) is 16.5. The molecule has 9 heteroatoms. The summed E-state index contributed by atoms with van der Waals surface area (Å²) in [4.78, 5) is 27.4. The number of aryl methyl sites for hydroxylation is 2. The van der Waals surface area contributed by atoms with Crippen molar-refractivity contribution >= 4 is 29.1 Å². The van der Waals surface area contributed by atoms with Crippen LogP contribution in [0.1, 0.15) is 22.4 Å². The highest BCUT2D eigenvalue weighted by Crippen LogP contribution is 2.19. The topological polar surface area (TPSA) is 105 Å². The molecule has 2 aromatic heterocycles. The fourth-order valence-corrected chi connectivity index (χ4v) is 3.64. The lowest BCUT2D eigenvalue weighted by Crippen LogP contribution is -2.19. The Kier molecular flexibility index (Phi) is 5.62. The van der Waals surface area contributed by atoms with E-state index in [1.165, 1.54) is 16.3 Å². The maximum Gasteiger partial charge on any atom is 0.274 e. The highest BCUT2D eigenvalue weighted by Gasteiger charge is 2.14. The smallest absolute Gasteiger partial charge is 0.274 e. The summed E-state index contributed by atoms with van der Waals surface area (Å²) >= 11 is 1.21. The second-order valence-corrected chi connectivity index (χ2v) is 7.88. The van der Waals surface area contributed by atoms with Crippen molar-refractivity contribution < 1.29 is 4.79 Å². The van der Waals surface area contributed by atoms with Gasteiger partial charge in [-0.15, -0.1) is 10.2 Å². The number of amides is 1. The SMILES string of the molecule is Cc1ccc(C)c(NC(=O)CSc2nnc3[nH]c(=O)c(Cc4ccccc4)nn23)c1. The molecule has 0 fully saturated rings. The third-order valence-corrected chi connectivity index (χ3v) is 5.45. The van der Waals surface area contributed by atoms with E-state index in [1.807, 2.05) is 62.4 Å². The number of rotatable bonds is 6. The molecule has 0 saturated heterocycles. The third-order valence-electron chi connectivity index (χ3n) is 4.53. The Labute approximate surface area is 176 Å². The molecule has 152 valence electrons. The Hall–Kier alpha value is -3.46. The van der Waals surface area contributed by atoms with Crippen LogP contribution in [0, 0.1) is 13.8 Å². The van der Waals surface area contributed by atoms with E-state index < -0.39 is 0 Å². The van der Waals surface area contributed by atoms with Gasteiger partial charge in [-0.05, 0) is 36.6 Å². The molecule has 0 spiro atoms. The molecular weight excluding hydrogens is 400 g/mol. The van der Waals surface area contributed by atoms with Crippen LogP contribution in [0.5, 0.6) is 0 Å². The largest absolute Gasteiger partial charge is 0.325 e. The molecule has 2 aromatic carbocycles. The molecule has 0 saturated carbocycles. The van der Waals surface area contributed by atoms with Gasteiger partial charge in [-0.1, -0.05) is 54.2 Å². The van der Waals surface area contributed by atoms with Crippen molar-refractivity contribution in [1.29, 1.82) is 0 Å². The van der Waals surface area contributed by atoms with E-state index >= 15 is 0 Å². The van der Waals surface area contributed by atoms with Crippen LogP contribution in [0.25, 0.3) is 5.78 Å². The lowest BCUT2D eigenvalue weighted by atomic mass is 10.1. The number of nitrogens with zero attached hydrogens (tertiary/aromatic N) is 4. The molecule has 0 radical (unpaired) electrons. The van der Waals surface area contributed by atoms with Gasteiger partial charge in [-0.25, -0.2) is 0 Å². The maximum absolute atomic E-state index is 12.4. The van der Waals surface area contributed by atoms with Gasteiger partial charge in [0.2, 0.25) is 11.1 Å². The molecule has 30 heavy (non-hydrogen) atoms. The summed E-state index contributed by atoms with van der Waals surface area (Å²) in [5.41, 5.74) is 3.89. The summed E-state index contributed by atoms with van der Waals surface area (Å²) in [5, 5.41) is 15.8. The number of aromatic nitrogens is 5. The Bertz CT molecular complexity index is 1270. The highest BCUT2D eigenvalue weighted by atomic mass is 32.2. The van der Waals surface area contributed by atoms with E-state index in [2.05, 4.69) is 25.6 Å². The fraction of sp³-hybridized carbons (Fsp3) is 0.190. The Morgan fingerprint density at radius 2 is 1.93 bits per heavy atom. The number of hydrogen-bond donors (Lipinski definition) is 2. The van der Waals surface area contributed by atoms with E-state index in [0.29, 0.717) is 17.3 Å². The maximum atomic E-state index is 12.4. The lowest BCUT2D eigenvalue weighted by Gasteiger charge is -2.09. The van der Waals surface area contributed by atoms with Gasteiger partial charge < -0.3 is 5.32 Å². The first-order chi connectivity index (χ1) is 14.5. The quantitative estimate of drug-likeness (QED) is 0.465. The summed E-state index contributed by atoms with van der Waals surface area (Å²) in [5.74, 6) is 0.233. The van der Waals surface area contributed by atoms with Crippen molar-refractivity contribution in [3.63, 3.8) is 0 Å². The Balaban J connectivity index is 1.50. The number of carbonyl (C=O) groups is 1. The number of nitrogens with one attached hydrogen (secondary N) is 2. The predicted octanol–water partition coefficient (Wildman–Crippen LogP) is 2.75. The van der Waals surface area contributed by atoms with Gasteiger partial charge in [0.05, 0.1) is 5.75 Å². The van der Waals surface area contributed by atoms with Crippen LogP contribution in [0.15, 0.2) is 58.5 Å². The summed E-state index contributed by atoms with van der Waals surface area (Å²) in [6.45, 7) is 3.93. The van der Waals surface area contributed by atoms with Crippen LogP contribution in [-0.2, 0) is 11.2 Å². The molecule has 0 unspecified atom stereocenters. The zero-order valence-corrected chi connectivity index (χ0v) is 17.4. The number of anilines is 1. The van der Waals surface area contributed by atoms with Gasteiger partial charge in [-0.3, -0.25) is 14.6 Å². The van der Waals surface area contributed by atoms with Crippen molar-refractivity contribution in [3.05, 3.63) is 81.3 Å². The second kappa shape index (κ2) is 8.50. The lowest BCUT2D eigenvalue weighted by molar-refractivity contribution is -0.113. The van der Waals surface area contributed by atoms with Crippen molar-refractivity contribution in [1.82, 2.24) is 24.8 Å². The molecular formula is C21H20N6O2S. The van der Waals surface area contributed by atoms with Gasteiger partial charge >= 0.3 is 0 Å². The molecule has 0 atom stereocenters. The summed E-state index contributed by atoms with van der Waals surface area (Å²) < 4.78 is 1.47. The highest BCUT2D eigenvalue weighted by molar-refractivity contribution is 7.99. The summed E-state index contributed by atoms with van der Waals surface area (Å²) in [7, 11) is 0. The fourth-order valence-electron chi connectivity index (χ4n) is 2.96. The average molecular weight is 420 g/mol. The minimum absolute atomic E-state index is 0.142. The molecule has 1 amide bonds. The van der Waals surface area contributed by atoms with Gasteiger partial charge in [0.15, 0.2) is 0 Å². The Morgan fingerprint density at radius 1 is 1.13 bits per heavy atom. The van der Waals surface area contributed by atoms with Crippen molar-refractivity contribution in [2.75, 3.05) is 11.1 Å². The average Bonchev–Trinajstić information content (AvgIpc) is 3.12. The zero-order chi connectivity index (χ0) is 21.1. The molecule has 2 heterocycles. The Morgan fingerprint density at radius 3 is 2.73 bits per heavy atom. The number of benzene rings is 2. The first-order valence-electron chi connectivity index (χ1n) is 9.38. The molecule has 0 aliphatic rings. The molecule has 2 N–H and O–H groups in total. The number of carbonyl (C=O) groups excluding carboxylic acids is 1. The van der Waals surface area contributed by atoms with E-state index in [-0.39, 0.29) is 23.0 Å². The van der Waals surface area contributed by atoms with Crippen LogP contribution >= 0.6 is 11.8 Å². The number of thioether (sulfide) groups is 1. The standard InChI is InChI=1S/C21H20N6O2S/c1-13-8-9-14(2)16(10-13)22-18(28)12-30-21-25-24-20-23-19(29)17(26-27(20)21)11-15-6-4-3-5-7-15/h3-10H,11-12H2,1-2H3,(H,22,28)(H,23,24,29). The third kappa shape index (κ3) is 4.41. The second-order valence-electron chi connectivity index (χ2n) is 6.94. The minimum atomic E-state index is -0.303. The van der Waals surface area contributed by atoms with Gasteiger partial charge in [0.1, 0.15) is 5.69 Å². The normalized spacial score (nSPS) is 11.0. The van der Waals surface area contributed by atoms with Crippen LogP contribution < -0.4 is 10.9 Å². The molecule has 0 aliphatic heterocycles. The number of fused-ring (bicyclic) bond motifs is 1. The molecule has 0 aliphatic carbocycles. The van der Waals surface area contributed by atoms with Crippen molar-refractivity contribution in [2.24, 2.45) is 0 Å². The van der Waals surface area contributed by atoms with Gasteiger partial charge in [0.25, 0.3) is 11.3 Å². The van der Waals surface area contributed by atoms with Crippen LogP contribution in [-0.4, -0.2) is 36.5 Å². The number of H-pyrrole nitrogens is 1. The van der Waals surface area contributed by atoms with E-state index in [0.717, 1.165) is 22.4 Å². The van der Waals surface area contributed by atoms with E-state index in [4.69, 9.17) is 0 Å².